The Balaban J connectivity index is 2.20. The minimum Gasteiger partial charge on any atom is -0.384 e. The van der Waals surface area contributed by atoms with E-state index in [1.54, 1.807) is 19.2 Å². The van der Waals surface area contributed by atoms with E-state index in [0.29, 0.717) is 12.2 Å². The Labute approximate surface area is 106 Å². The lowest BCUT2D eigenvalue weighted by Gasteiger charge is -2.12. The molecule has 2 rings (SSSR count). The van der Waals surface area contributed by atoms with E-state index in [4.69, 9.17) is 4.74 Å². The second-order valence-electron chi connectivity index (χ2n) is 4.13. The molecule has 0 aliphatic carbocycles. The van der Waals surface area contributed by atoms with Crippen molar-refractivity contribution >= 4 is 0 Å². The number of benzene rings is 2. The normalized spacial score (nSPS) is 12.4. The SMILES string of the molecule is COCc1ccc(C(O)c2cccc(F)c2)cc1. The third kappa shape index (κ3) is 2.94. The number of methoxy groups -OCH3 is 1. The summed E-state index contributed by atoms with van der Waals surface area (Å²) >= 11 is 0. The van der Waals surface area contributed by atoms with Gasteiger partial charge in [0.2, 0.25) is 0 Å². The van der Waals surface area contributed by atoms with Crippen molar-refractivity contribution in [2.75, 3.05) is 7.11 Å². The second kappa shape index (κ2) is 5.76. The minimum absolute atomic E-state index is 0.345. The molecule has 0 saturated carbocycles. The van der Waals surface area contributed by atoms with Gasteiger partial charge in [0.15, 0.2) is 0 Å². The zero-order valence-corrected chi connectivity index (χ0v) is 10.1. The maximum Gasteiger partial charge on any atom is 0.123 e. The summed E-state index contributed by atoms with van der Waals surface area (Å²) < 4.78 is 18.1. The van der Waals surface area contributed by atoms with Crippen molar-refractivity contribution < 1.29 is 14.2 Å². The Morgan fingerprint density at radius 3 is 2.44 bits per heavy atom. The highest BCUT2D eigenvalue weighted by atomic mass is 19.1. The van der Waals surface area contributed by atoms with E-state index >= 15 is 0 Å². The molecule has 18 heavy (non-hydrogen) atoms. The Bertz CT molecular complexity index is 508. The largest absolute Gasteiger partial charge is 0.384 e. The van der Waals surface area contributed by atoms with Crippen molar-refractivity contribution in [1.29, 1.82) is 0 Å². The summed E-state index contributed by atoms with van der Waals surface area (Å²) in [5.41, 5.74) is 2.32. The summed E-state index contributed by atoms with van der Waals surface area (Å²) in [7, 11) is 1.63. The molecular formula is C15H15FO2. The molecule has 2 aromatic carbocycles. The fraction of sp³-hybridized carbons (Fsp3) is 0.200. The molecule has 2 nitrogen and oxygen atoms in total. The van der Waals surface area contributed by atoms with Gasteiger partial charge in [-0.2, -0.15) is 0 Å². The molecule has 3 heteroatoms. The number of aliphatic hydroxyl groups excluding tert-OH is 1. The van der Waals surface area contributed by atoms with Crippen LogP contribution in [0.5, 0.6) is 0 Å². The van der Waals surface area contributed by atoms with Crippen LogP contribution in [0.2, 0.25) is 0 Å². The summed E-state index contributed by atoms with van der Waals surface area (Å²) in [6.07, 6.45) is -0.808. The third-order valence-electron chi connectivity index (χ3n) is 2.77. The van der Waals surface area contributed by atoms with E-state index in [1.807, 2.05) is 24.3 Å². The molecule has 0 saturated heterocycles. The molecule has 1 unspecified atom stereocenters. The van der Waals surface area contributed by atoms with Gasteiger partial charge in [0.05, 0.1) is 6.61 Å². The summed E-state index contributed by atoms with van der Waals surface area (Å²) in [4.78, 5) is 0. The van der Waals surface area contributed by atoms with Crippen LogP contribution in [0.1, 0.15) is 22.8 Å². The standard InChI is InChI=1S/C15H15FO2/c1-18-10-11-5-7-12(8-6-11)15(17)13-3-2-4-14(16)9-13/h2-9,15,17H,10H2,1H3. The zero-order chi connectivity index (χ0) is 13.0. The van der Waals surface area contributed by atoms with Crippen LogP contribution < -0.4 is 0 Å². The Morgan fingerprint density at radius 1 is 1.11 bits per heavy atom. The maximum absolute atomic E-state index is 13.1. The van der Waals surface area contributed by atoms with Crippen LogP contribution >= 0.6 is 0 Å². The smallest absolute Gasteiger partial charge is 0.123 e. The Kier molecular flexibility index (Phi) is 4.07. The maximum atomic E-state index is 13.1. The lowest BCUT2D eigenvalue weighted by Crippen LogP contribution is -2.00. The first-order chi connectivity index (χ1) is 8.70. The number of rotatable bonds is 4. The predicted molar refractivity (Wildman–Crippen MR) is 67.6 cm³/mol. The van der Waals surface area contributed by atoms with Crippen LogP contribution in [-0.4, -0.2) is 12.2 Å². The van der Waals surface area contributed by atoms with Crippen molar-refractivity contribution in [2.24, 2.45) is 0 Å². The van der Waals surface area contributed by atoms with Crippen LogP contribution in [0.4, 0.5) is 4.39 Å². The second-order valence-corrected chi connectivity index (χ2v) is 4.13. The number of halogens is 1. The van der Waals surface area contributed by atoms with E-state index in [0.717, 1.165) is 11.1 Å². The fourth-order valence-electron chi connectivity index (χ4n) is 1.83. The van der Waals surface area contributed by atoms with Crippen molar-refractivity contribution in [2.45, 2.75) is 12.7 Å². The predicted octanol–water partition coefficient (Wildman–Crippen LogP) is 3.05. The van der Waals surface area contributed by atoms with Gasteiger partial charge in [-0.15, -0.1) is 0 Å². The first kappa shape index (κ1) is 12.7. The average molecular weight is 246 g/mol. The Morgan fingerprint density at radius 2 is 1.83 bits per heavy atom. The number of hydrogen-bond acceptors (Lipinski definition) is 2. The fourth-order valence-corrected chi connectivity index (χ4v) is 1.83. The van der Waals surface area contributed by atoms with E-state index in [-0.39, 0.29) is 5.82 Å². The highest BCUT2D eigenvalue weighted by molar-refractivity contribution is 5.31. The first-order valence-corrected chi connectivity index (χ1v) is 5.72. The van der Waals surface area contributed by atoms with Crippen LogP contribution in [0.25, 0.3) is 0 Å². The highest BCUT2D eigenvalue weighted by Gasteiger charge is 2.10. The van der Waals surface area contributed by atoms with Gasteiger partial charge in [-0.05, 0) is 28.8 Å². The summed E-state index contributed by atoms with van der Waals surface area (Å²) in [5, 5.41) is 10.1. The van der Waals surface area contributed by atoms with E-state index in [2.05, 4.69) is 0 Å². The van der Waals surface area contributed by atoms with Crippen LogP contribution in [-0.2, 0) is 11.3 Å². The van der Waals surface area contributed by atoms with Crippen molar-refractivity contribution in [3.8, 4) is 0 Å². The molecule has 1 atom stereocenters. The van der Waals surface area contributed by atoms with Gasteiger partial charge < -0.3 is 9.84 Å². The molecule has 1 N–H and O–H groups in total. The number of ether oxygens (including phenoxy) is 1. The van der Waals surface area contributed by atoms with Crippen LogP contribution in [0.15, 0.2) is 48.5 Å². The lowest BCUT2D eigenvalue weighted by molar-refractivity contribution is 0.184. The zero-order valence-electron chi connectivity index (χ0n) is 10.1. The summed E-state index contributed by atoms with van der Waals surface area (Å²) in [6.45, 7) is 0.538. The molecular weight excluding hydrogens is 231 g/mol. The molecule has 94 valence electrons. The molecule has 0 fully saturated rings. The van der Waals surface area contributed by atoms with Gasteiger partial charge in [-0.1, -0.05) is 36.4 Å². The molecule has 2 aromatic rings. The first-order valence-electron chi connectivity index (χ1n) is 5.72. The van der Waals surface area contributed by atoms with Crippen LogP contribution in [0, 0.1) is 5.82 Å². The van der Waals surface area contributed by atoms with Crippen molar-refractivity contribution in [3.63, 3.8) is 0 Å². The molecule has 0 aromatic heterocycles. The van der Waals surface area contributed by atoms with Gasteiger partial charge in [-0.25, -0.2) is 4.39 Å². The molecule has 0 aliphatic rings. The topological polar surface area (TPSA) is 29.5 Å². The highest BCUT2D eigenvalue weighted by Crippen LogP contribution is 2.22. The van der Waals surface area contributed by atoms with Crippen LogP contribution in [0.3, 0.4) is 0 Å². The lowest BCUT2D eigenvalue weighted by atomic mass is 10.0. The minimum atomic E-state index is -0.808. The van der Waals surface area contributed by atoms with Gasteiger partial charge in [0.1, 0.15) is 11.9 Å². The summed E-state index contributed by atoms with van der Waals surface area (Å²) in [5.74, 6) is -0.345. The van der Waals surface area contributed by atoms with Gasteiger partial charge in [-0.3, -0.25) is 0 Å². The van der Waals surface area contributed by atoms with Gasteiger partial charge >= 0.3 is 0 Å². The number of hydrogen-bond donors (Lipinski definition) is 1. The summed E-state index contributed by atoms with van der Waals surface area (Å²) in [6, 6.07) is 13.4. The van der Waals surface area contributed by atoms with Gasteiger partial charge in [0.25, 0.3) is 0 Å². The van der Waals surface area contributed by atoms with E-state index < -0.39 is 6.10 Å². The van der Waals surface area contributed by atoms with Gasteiger partial charge in [0, 0.05) is 7.11 Å². The van der Waals surface area contributed by atoms with Crippen molar-refractivity contribution in [3.05, 3.63) is 71.0 Å². The molecule has 0 aliphatic heterocycles. The Hall–Kier alpha value is -1.71. The number of aliphatic hydroxyl groups is 1. The van der Waals surface area contributed by atoms with E-state index in [9.17, 15) is 9.50 Å². The third-order valence-corrected chi connectivity index (χ3v) is 2.77. The quantitative estimate of drug-likeness (QED) is 0.898. The molecule has 0 heterocycles. The molecule has 0 spiro atoms. The average Bonchev–Trinajstić information content (AvgIpc) is 2.39. The van der Waals surface area contributed by atoms with Crippen molar-refractivity contribution in [1.82, 2.24) is 0 Å². The molecule has 0 amide bonds. The van der Waals surface area contributed by atoms with E-state index in [1.165, 1.54) is 12.1 Å². The monoisotopic (exact) mass is 246 g/mol. The molecule has 0 radical (unpaired) electrons. The molecule has 0 bridgehead atoms.